The van der Waals surface area contributed by atoms with Crippen molar-refractivity contribution in [1.29, 1.82) is 0 Å². The van der Waals surface area contributed by atoms with Crippen LogP contribution in [-0.2, 0) is 22.1 Å². The van der Waals surface area contributed by atoms with Gasteiger partial charge in [-0.25, -0.2) is 0 Å². The van der Waals surface area contributed by atoms with Gasteiger partial charge < -0.3 is 5.32 Å². The van der Waals surface area contributed by atoms with Gasteiger partial charge in [-0.1, -0.05) is 18.2 Å². The van der Waals surface area contributed by atoms with E-state index in [0.717, 1.165) is 15.8 Å². The van der Waals surface area contributed by atoms with Crippen molar-refractivity contribution in [1.82, 2.24) is 9.78 Å². The maximum absolute atomic E-state index is 12.1. The third-order valence-electron chi connectivity index (χ3n) is 3.31. The van der Waals surface area contributed by atoms with Crippen molar-refractivity contribution >= 4 is 33.3 Å². The maximum Gasteiger partial charge on any atom is 0.246 e. The number of rotatable bonds is 4. The predicted molar refractivity (Wildman–Crippen MR) is 87.1 cm³/mol. The Morgan fingerprint density at radius 1 is 1.18 bits per heavy atom. The first kappa shape index (κ1) is 14.5. The van der Waals surface area contributed by atoms with Crippen LogP contribution >= 0.6 is 0 Å². The van der Waals surface area contributed by atoms with E-state index in [4.69, 9.17) is 0 Å². The van der Waals surface area contributed by atoms with E-state index in [0.29, 0.717) is 5.69 Å². The second-order valence-corrected chi connectivity index (χ2v) is 6.27. The van der Waals surface area contributed by atoms with Crippen molar-refractivity contribution in [3.8, 4) is 0 Å². The number of amides is 1. The zero-order valence-electron chi connectivity index (χ0n) is 12.0. The van der Waals surface area contributed by atoms with Gasteiger partial charge in [0, 0.05) is 33.0 Å². The van der Waals surface area contributed by atoms with Crippen molar-refractivity contribution < 1.29 is 9.00 Å². The Morgan fingerprint density at radius 2 is 1.91 bits per heavy atom. The molecule has 2 aromatic carbocycles. The summed E-state index contributed by atoms with van der Waals surface area (Å²) in [4.78, 5) is 12.8. The van der Waals surface area contributed by atoms with E-state index in [1.165, 1.54) is 0 Å². The third kappa shape index (κ3) is 3.07. The highest BCUT2D eigenvalue weighted by molar-refractivity contribution is 7.84. The molecule has 0 bridgehead atoms. The number of carbonyl (C=O) groups excluding carboxylic acids is 1. The molecule has 112 valence electrons. The first-order valence-electron chi connectivity index (χ1n) is 6.77. The molecule has 0 saturated heterocycles. The molecule has 3 aromatic rings. The molecule has 0 saturated carbocycles. The van der Waals surface area contributed by atoms with Gasteiger partial charge in [0.2, 0.25) is 5.91 Å². The van der Waals surface area contributed by atoms with Gasteiger partial charge in [0.25, 0.3) is 0 Å². The van der Waals surface area contributed by atoms with Crippen LogP contribution in [0.4, 0.5) is 5.69 Å². The van der Waals surface area contributed by atoms with E-state index in [9.17, 15) is 9.00 Å². The number of hydrogen-bond donors (Lipinski definition) is 1. The van der Waals surface area contributed by atoms with Crippen LogP contribution in [0.15, 0.2) is 59.6 Å². The van der Waals surface area contributed by atoms with E-state index in [1.807, 2.05) is 24.3 Å². The zero-order chi connectivity index (χ0) is 15.5. The second-order valence-electron chi connectivity index (χ2n) is 4.89. The molecule has 1 heterocycles. The molecule has 0 radical (unpaired) electrons. The highest BCUT2D eigenvalue weighted by Crippen LogP contribution is 2.14. The average molecular weight is 313 g/mol. The number of para-hydroxylation sites is 1. The molecule has 1 aromatic heterocycles. The van der Waals surface area contributed by atoms with Gasteiger partial charge in [0.1, 0.15) is 6.54 Å². The van der Waals surface area contributed by atoms with Crippen LogP contribution in [0.5, 0.6) is 0 Å². The fourth-order valence-corrected chi connectivity index (χ4v) is 2.74. The van der Waals surface area contributed by atoms with Gasteiger partial charge in [0.15, 0.2) is 0 Å². The van der Waals surface area contributed by atoms with Gasteiger partial charge in [-0.15, -0.1) is 0 Å². The summed E-state index contributed by atoms with van der Waals surface area (Å²) in [7, 11) is -1.02. The number of fused-ring (bicyclic) bond motifs is 1. The fourth-order valence-electron chi connectivity index (χ4n) is 2.22. The van der Waals surface area contributed by atoms with E-state index < -0.39 is 10.8 Å². The summed E-state index contributed by atoms with van der Waals surface area (Å²) in [6, 6.07) is 14.7. The molecule has 1 atom stereocenters. The Labute approximate surface area is 130 Å². The lowest BCUT2D eigenvalue weighted by Gasteiger charge is -2.07. The van der Waals surface area contributed by atoms with Crippen LogP contribution < -0.4 is 5.32 Å². The van der Waals surface area contributed by atoms with Crippen molar-refractivity contribution in [3.05, 3.63) is 54.7 Å². The molecule has 22 heavy (non-hydrogen) atoms. The molecular weight excluding hydrogens is 298 g/mol. The second kappa shape index (κ2) is 6.11. The standard InChI is InChI=1S/C16H15N3O2S/c1-22(21)14-8-6-13(7-9-14)18-16(20)11-19-15-5-3-2-4-12(15)10-17-19/h2-10H,11H2,1H3,(H,18,20)/t22-/m0/s1. The number of anilines is 1. The molecule has 5 nitrogen and oxygen atoms in total. The summed E-state index contributed by atoms with van der Waals surface area (Å²) in [6.07, 6.45) is 3.37. The number of benzene rings is 2. The highest BCUT2D eigenvalue weighted by Gasteiger charge is 2.08. The third-order valence-corrected chi connectivity index (χ3v) is 4.25. The monoisotopic (exact) mass is 313 g/mol. The Kier molecular flexibility index (Phi) is 4.02. The minimum Gasteiger partial charge on any atom is -0.324 e. The lowest BCUT2D eigenvalue weighted by Crippen LogP contribution is -2.19. The number of nitrogens with zero attached hydrogens (tertiary/aromatic N) is 2. The number of carbonyl (C=O) groups is 1. The molecule has 0 aliphatic carbocycles. The van der Waals surface area contributed by atoms with E-state index in [1.54, 1.807) is 41.4 Å². The Bertz CT molecular complexity index is 840. The number of hydrogen-bond acceptors (Lipinski definition) is 3. The first-order valence-corrected chi connectivity index (χ1v) is 8.33. The summed E-state index contributed by atoms with van der Waals surface area (Å²) in [5.41, 5.74) is 1.60. The average Bonchev–Trinajstić information content (AvgIpc) is 2.91. The van der Waals surface area contributed by atoms with E-state index in [2.05, 4.69) is 10.4 Å². The van der Waals surface area contributed by atoms with Crippen LogP contribution in [0.25, 0.3) is 10.9 Å². The van der Waals surface area contributed by atoms with Crippen molar-refractivity contribution in [2.45, 2.75) is 11.4 Å². The summed E-state index contributed by atoms with van der Waals surface area (Å²) < 4.78 is 13.0. The molecule has 0 aliphatic rings. The summed E-state index contributed by atoms with van der Waals surface area (Å²) >= 11 is 0. The van der Waals surface area contributed by atoms with Crippen molar-refractivity contribution in [2.75, 3.05) is 11.6 Å². The zero-order valence-corrected chi connectivity index (χ0v) is 12.8. The lowest BCUT2D eigenvalue weighted by atomic mass is 10.2. The largest absolute Gasteiger partial charge is 0.324 e. The normalized spacial score (nSPS) is 12.2. The predicted octanol–water partition coefficient (Wildman–Crippen LogP) is 2.41. The van der Waals surface area contributed by atoms with Crippen LogP contribution in [0.2, 0.25) is 0 Å². The van der Waals surface area contributed by atoms with Crippen LogP contribution in [0.1, 0.15) is 0 Å². The summed E-state index contributed by atoms with van der Waals surface area (Å²) in [5.74, 6) is -0.153. The fraction of sp³-hybridized carbons (Fsp3) is 0.125. The highest BCUT2D eigenvalue weighted by atomic mass is 32.2. The van der Waals surface area contributed by atoms with Gasteiger partial charge in [-0.05, 0) is 30.3 Å². The first-order chi connectivity index (χ1) is 10.6. The number of aromatic nitrogens is 2. The van der Waals surface area contributed by atoms with Crippen molar-refractivity contribution in [3.63, 3.8) is 0 Å². The van der Waals surface area contributed by atoms with Crippen LogP contribution in [0.3, 0.4) is 0 Å². The lowest BCUT2D eigenvalue weighted by molar-refractivity contribution is -0.116. The van der Waals surface area contributed by atoms with Crippen LogP contribution in [-0.4, -0.2) is 26.2 Å². The molecule has 0 unspecified atom stereocenters. The van der Waals surface area contributed by atoms with E-state index >= 15 is 0 Å². The quantitative estimate of drug-likeness (QED) is 0.804. The van der Waals surface area contributed by atoms with E-state index in [-0.39, 0.29) is 12.5 Å². The molecule has 0 fully saturated rings. The Hall–Kier alpha value is -2.47. The molecule has 6 heteroatoms. The minimum absolute atomic E-state index is 0.148. The smallest absolute Gasteiger partial charge is 0.246 e. The van der Waals surface area contributed by atoms with Crippen LogP contribution in [0, 0.1) is 0 Å². The van der Waals surface area contributed by atoms with Gasteiger partial charge in [0.05, 0.1) is 11.7 Å². The molecule has 0 aliphatic heterocycles. The van der Waals surface area contributed by atoms with Gasteiger partial charge in [-0.2, -0.15) is 5.10 Å². The summed E-state index contributed by atoms with van der Waals surface area (Å²) in [6.45, 7) is 0.148. The van der Waals surface area contributed by atoms with Crippen molar-refractivity contribution in [2.24, 2.45) is 0 Å². The SMILES string of the molecule is C[S@](=O)c1ccc(NC(=O)Cn2ncc3ccccc32)cc1. The maximum atomic E-state index is 12.1. The minimum atomic E-state index is -1.02. The van der Waals surface area contributed by atoms with Gasteiger partial charge in [-0.3, -0.25) is 13.7 Å². The number of nitrogens with one attached hydrogen (secondary N) is 1. The Morgan fingerprint density at radius 3 is 2.64 bits per heavy atom. The molecule has 1 N–H and O–H groups in total. The van der Waals surface area contributed by atoms with Gasteiger partial charge >= 0.3 is 0 Å². The molecule has 1 amide bonds. The molecular formula is C16H15N3O2S. The Balaban J connectivity index is 1.71. The molecule has 0 spiro atoms. The molecule has 3 rings (SSSR count). The summed E-state index contributed by atoms with van der Waals surface area (Å²) in [5, 5.41) is 8.05. The topological polar surface area (TPSA) is 64.0 Å².